The zero-order chi connectivity index (χ0) is 20.4. The van der Waals surface area contributed by atoms with Gasteiger partial charge in [0.1, 0.15) is 11.3 Å². The summed E-state index contributed by atoms with van der Waals surface area (Å²) in [6.45, 7) is 3.41. The van der Waals surface area contributed by atoms with E-state index in [1.807, 2.05) is 35.2 Å². The third-order valence-electron chi connectivity index (χ3n) is 5.18. The predicted octanol–water partition coefficient (Wildman–Crippen LogP) is 3.52. The molecule has 1 aliphatic rings. The maximum absolute atomic E-state index is 12.7. The van der Waals surface area contributed by atoms with Crippen molar-refractivity contribution in [1.29, 1.82) is 0 Å². The zero-order valence-electron chi connectivity index (χ0n) is 16.1. The van der Waals surface area contributed by atoms with Crippen LogP contribution < -0.4 is 10.4 Å². The van der Waals surface area contributed by atoms with Crippen LogP contribution in [-0.2, 0) is 6.54 Å². The van der Waals surface area contributed by atoms with E-state index in [0.717, 1.165) is 34.3 Å². The van der Waals surface area contributed by atoms with Gasteiger partial charge in [0.15, 0.2) is 0 Å². The minimum atomic E-state index is -0.360. The van der Waals surface area contributed by atoms with Crippen molar-refractivity contribution in [2.45, 2.75) is 6.54 Å². The second-order valence-corrected chi connectivity index (χ2v) is 7.94. The molecule has 2 aromatic carbocycles. The third kappa shape index (κ3) is 4.36. The highest BCUT2D eigenvalue weighted by Crippen LogP contribution is 2.24. The Labute approximate surface area is 176 Å². The highest BCUT2D eigenvalue weighted by atomic mass is 79.9. The summed E-state index contributed by atoms with van der Waals surface area (Å²) in [4.78, 5) is 28.8. The topological polar surface area (TPSA) is 63.0 Å². The average Bonchev–Trinajstić information content (AvgIpc) is 2.74. The number of halogens is 1. The van der Waals surface area contributed by atoms with Crippen LogP contribution in [0.25, 0.3) is 11.0 Å². The van der Waals surface area contributed by atoms with Crippen LogP contribution >= 0.6 is 15.9 Å². The number of carbonyl (C=O) groups excluding carboxylic acids is 1. The molecule has 2 heterocycles. The maximum atomic E-state index is 12.7. The Morgan fingerprint density at radius 2 is 1.79 bits per heavy atom. The quantitative estimate of drug-likeness (QED) is 0.562. The predicted molar refractivity (Wildman–Crippen MR) is 114 cm³/mol. The van der Waals surface area contributed by atoms with Gasteiger partial charge in [-0.3, -0.25) is 9.69 Å². The maximum Gasteiger partial charge on any atom is 0.336 e. The summed E-state index contributed by atoms with van der Waals surface area (Å²) >= 11 is 3.39. The number of hydrogen-bond acceptors (Lipinski definition) is 5. The van der Waals surface area contributed by atoms with E-state index in [1.54, 1.807) is 25.3 Å². The van der Waals surface area contributed by atoms with Crippen LogP contribution in [0.5, 0.6) is 5.75 Å². The van der Waals surface area contributed by atoms with Crippen LogP contribution in [0.3, 0.4) is 0 Å². The molecule has 0 saturated carbocycles. The van der Waals surface area contributed by atoms with E-state index >= 15 is 0 Å². The van der Waals surface area contributed by atoms with Crippen molar-refractivity contribution in [1.82, 2.24) is 9.80 Å². The fourth-order valence-electron chi connectivity index (χ4n) is 3.59. The Kier molecular flexibility index (Phi) is 5.69. The molecule has 150 valence electrons. The normalized spacial score (nSPS) is 14.9. The molecule has 1 amide bonds. The lowest BCUT2D eigenvalue weighted by atomic mass is 10.1. The number of amides is 1. The fourth-order valence-corrected chi connectivity index (χ4v) is 3.85. The van der Waals surface area contributed by atoms with E-state index in [4.69, 9.17) is 9.15 Å². The number of ether oxygens (including phenoxy) is 1. The van der Waals surface area contributed by atoms with Crippen molar-refractivity contribution in [3.63, 3.8) is 0 Å². The van der Waals surface area contributed by atoms with Gasteiger partial charge in [-0.05, 0) is 48.0 Å². The van der Waals surface area contributed by atoms with Gasteiger partial charge in [-0.15, -0.1) is 0 Å². The first-order chi connectivity index (χ1) is 14.0. The van der Waals surface area contributed by atoms with E-state index in [2.05, 4.69) is 20.8 Å². The lowest BCUT2D eigenvalue weighted by molar-refractivity contribution is 0.0629. The van der Waals surface area contributed by atoms with Crippen molar-refractivity contribution in [2.75, 3.05) is 33.3 Å². The Bertz CT molecular complexity index is 1090. The van der Waals surface area contributed by atoms with Gasteiger partial charge in [-0.25, -0.2) is 4.79 Å². The third-order valence-corrected chi connectivity index (χ3v) is 5.71. The number of fused-ring (bicyclic) bond motifs is 1. The summed E-state index contributed by atoms with van der Waals surface area (Å²) in [7, 11) is 1.61. The number of benzene rings is 2. The molecule has 3 aromatic rings. The smallest absolute Gasteiger partial charge is 0.336 e. The van der Waals surface area contributed by atoms with Crippen LogP contribution in [-0.4, -0.2) is 49.0 Å². The van der Waals surface area contributed by atoms with Gasteiger partial charge in [0, 0.05) is 54.2 Å². The molecule has 0 spiro atoms. The first-order valence-electron chi connectivity index (χ1n) is 9.41. The first-order valence-corrected chi connectivity index (χ1v) is 10.2. The van der Waals surface area contributed by atoms with E-state index in [-0.39, 0.29) is 11.5 Å². The molecule has 0 atom stereocenters. The summed E-state index contributed by atoms with van der Waals surface area (Å²) in [5.74, 6) is 0.769. The molecule has 0 bridgehead atoms. The molecule has 1 saturated heterocycles. The minimum absolute atomic E-state index is 0.0488. The molecule has 0 N–H and O–H groups in total. The minimum Gasteiger partial charge on any atom is -0.497 e. The van der Waals surface area contributed by atoms with Crippen LogP contribution in [0.2, 0.25) is 0 Å². The number of carbonyl (C=O) groups is 1. The summed E-state index contributed by atoms with van der Waals surface area (Å²) in [5.41, 5.74) is 1.79. The number of piperazine rings is 1. The largest absolute Gasteiger partial charge is 0.497 e. The summed E-state index contributed by atoms with van der Waals surface area (Å²) < 4.78 is 11.6. The van der Waals surface area contributed by atoms with Crippen LogP contribution in [0.1, 0.15) is 15.9 Å². The molecule has 1 fully saturated rings. The molecule has 0 aliphatic carbocycles. The molecular weight excluding hydrogens is 436 g/mol. The van der Waals surface area contributed by atoms with Crippen LogP contribution in [0, 0.1) is 0 Å². The van der Waals surface area contributed by atoms with Crippen molar-refractivity contribution >= 4 is 32.8 Å². The van der Waals surface area contributed by atoms with Gasteiger partial charge in [-0.2, -0.15) is 0 Å². The standard InChI is InChI=1S/C22H21BrN2O4/c1-28-18-6-7-20-19(13-18)16(12-21(26)29-20)14-24-8-10-25(11-9-24)22(27)15-2-4-17(23)5-3-15/h2-7,12-13H,8-11,14H2,1H3. The Balaban J connectivity index is 1.46. The molecule has 1 aliphatic heterocycles. The van der Waals surface area contributed by atoms with Gasteiger partial charge in [0.05, 0.1) is 7.11 Å². The second-order valence-electron chi connectivity index (χ2n) is 7.03. The Morgan fingerprint density at radius 3 is 2.48 bits per heavy atom. The van der Waals surface area contributed by atoms with Crippen molar-refractivity contribution in [2.24, 2.45) is 0 Å². The molecular formula is C22H21BrN2O4. The van der Waals surface area contributed by atoms with Crippen molar-refractivity contribution < 1.29 is 13.9 Å². The van der Waals surface area contributed by atoms with Gasteiger partial charge in [0.2, 0.25) is 0 Å². The molecule has 0 unspecified atom stereocenters. The highest BCUT2D eigenvalue weighted by Gasteiger charge is 2.23. The second kappa shape index (κ2) is 8.39. The lowest BCUT2D eigenvalue weighted by Gasteiger charge is -2.35. The monoisotopic (exact) mass is 456 g/mol. The molecule has 6 nitrogen and oxygen atoms in total. The van der Waals surface area contributed by atoms with Gasteiger partial charge in [0.25, 0.3) is 5.91 Å². The zero-order valence-corrected chi connectivity index (χ0v) is 17.6. The van der Waals surface area contributed by atoms with Gasteiger partial charge >= 0.3 is 5.63 Å². The summed E-state index contributed by atoms with van der Waals surface area (Å²) in [5, 5.41) is 0.873. The SMILES string of the molecule is COc1ccc2oc(=O)cc(CN3CCN(C(=O)c4ccc(Br)cc4)CC3)c2c1. The summed E-state index contributed by atoms with van der Waals surface area (Å²) in [6, 6.07) is 14.4. The van der Waals surface area contributed by atoms with Crippen LogP contribution in [0.4, 0.5) is 0 Å². The van der Waals surface area contributed by atoms with Crippen molar-refractivity contribution in [3.05, 3.63) is 74.6 Å². The molecule has 1 aromatic heterocycles. The highest BCUT2D eigenvalue weighted by molar-refractivity contribution is 9.10. The average molecular weight is 457 g/mol. The first kappa shape index (κ1) is 19.7. The van der Waals surface area contributed by atoms with Gasteiger partial charge < -0.3 is 14.1 Å². The fraction of sp³-hybridized carbons (Fsp3) is 0.273. The van der Waals surface area contributed by atoms with Crippen LogP contribution in [0.15, 0.2) is 62.2 Å². The molecule has 7 heteroatoms. The molecule has 29 heavy (non-hydrogen) atoms. The van der Waals surface area contributed by atoms with E-state index in [1.165, 1.54) is 0 Å². The molecule has 4 rings (SSSR count). The molecule has 0 radical (unpaired) electrons. The van der Waals surface area contributed by atoms with E-state index in [0.29, 0.717) is 30.8 Å². The Morgan fingerprint density at radius 1 is 1.07 bits per heavy atom. The number of hydrogen-bond donors (Lipinski definition) is 0. The number of nitrogens with zero attached hydrogens (tertiary/aromatic N) is 2. The summed E-state index contributed by atoms with van der Waals surface area (Å²) in [6.07, 6.45) is 0. The van der Waals surface area contributed by atoms with Crippen molar-refractivity contribution in [3.8, 4) is 5.75 Å². The Hall–Kier alpha value is -2.64. The number of methoxy groups -OCH3 is 1. The van der Waals surface area contributed by atoms with E-state index < -0.39 is 0 Å². The lowest BCUT2D eigenvalue weighted by Crippen LogP contribution is -2.48. The number of rotatable bonds is 4. The van der Waals surface area contributed by atoms with Gasteiger partial charge in [-0.1, -0.05) is 15.9 Å². The van der Waals surface area contributed by atoms with E-state index in [9.17, 15) is 9.59 Å².